The minimum absolute atomic E-state index is 0.111. The molecule has 1 aromatic rings. The highest BCUT2D eigenvalue weighted by molar-refractivity contribution is 7.17. The molecule has 0 N–H and O–H groups in total. The summed E-state index contributed by atoms with van der Waals surface area (Å²) >= 11 is 1.37. The van der Waals surface area contributed by atoms with Crippen molar-refractivity contribution in [2.24, 2.45) is 23.7 Å². The number of amides is 2. The van der Waals surface area contributed by atoms with Crippen LogP contribution in [-0.4, -0.2) is 11.8 Å². The standard InChI is InChI=1S/C16H14N2O2S/c1-7-8(2)21-16(11(7)6-17)18-14(19)12-9-3-4-10(5-9)13(12)15(18)20/h3-4,9-10,12-13H,5H2,1-2H3/t9-,10+,12-,13+. The molecule has 2 amide bonds. The molecule has 0 spiro atoms. The van der Waals surface area contributed by atoms with Crippen LogP contribution in [0.4, 0.5) is 5.00 Å². The van der Waals surface area contributed by atoms with Crippen LogP contribution in [0.5, 0.6) is 0 Å². The van der Waals surface area contributed by atoms with Crippen molar-refractivity contribution in [3.05, 3.63) is 28.2 Å². The van der Waals surface area contributed by atoms with Gasteiger partial charge in [0.2, 0.25) is 11.8 Å². The Morgan fingerprint density at radius 2 is 1.76 bits per heavy atom. The SMILES string of the molecule is Cc1sc(N2C(=O)[C@@H]3[C@H](C2=O)[C@@H]2C=C[C@H]3C2)c(C#N)c1C. The van der Waals surface area contributed by atoms with Crippen LogP contribution in [0.1, 0.15) is 22.4 Å². The first-order valence-corrected chi connectivity index (χ1v) is 7.92. The number of carbonyl (C=O) groups excluding carboxylic acids is 2. The molecule has 21 heavy (non-hydrogen) atoms. The zero-order valence-corrected chi connectivity index (χ0v) is 12.6. The predicted octanol–water partition coefficient (Wildman–Crippen LogP) is 2.55. The number of thiophene rings is 1. The number of rotatable bonds is 1. The molecule has 2 heterocycles. The molecule has 4 rings (SSSR count). The summed E-state index contributed by atoms with van der Waals surface area (Å²) < 4.78 is 0. The summed E-state index contributed by atoms with van der Waals surface area (Å²) in [5.74, 6) is -0.231. The number of nitriles is 1. The van der Waals surface area contributed by atoms with Gasteiger partial charge in [-0.3, -0.25) is 9.59 Å². The number of allylic oxidation sites excluding steroid dienone is 2. The molecule has 5 heteroatoms. The minimum Gasteiger partial charge on any atom is -0.274 e. The van der Waals surface area contributed by atoms with Crippen molar-refractivity contribution >= 4 is 28.2 Å². The Morgan fingerprint density at radius 3 is 2.29 bits per heavy atom. The first-order chi connectivity index (χ1) is 10.0. The van der Waals surface area contributed by atoms with E-state index < -0.39 is 0 Å². The van der Waals surface area contributed by atoms with Gasteiger partial charge in [0.15, 0.2) is 0 Å². The van der Waals surface area contributed by atoms with Crippen LogP contribution in [0.3, 0.4) is 0 Å². The molecule has 3 aliphatic rings. The Labute approximate surface area is 126 Å². The molecule has 4 atom stereocenters. The maximum Gasteiger partial charge on any atom is 0.238 e. The molecule has 1 saturated carbocycles. The molecule has 0 aromatic carbocycles. The number of fused-ring (bicyclic) bond motifs is 5. The van der Waals surface area contributed by atoms with Crippen LogP contribution >= 0.6 is 11.3 Å². The third kappa shape index (κ3) is 1.43. The number of hydrogen-bond acceptors (Lipinski definition) is 4. The van der Waals surface area contributed by atoms with Crippen LogP contribution in [0.15, 0.2) is 12.2 Å². The zero-order valence-electron chi connectivity index (χ0n) is 11.8. The van der Waals surface area contributed by atoms with E-state index in [-0.39, 0.29) is 35.5 Å². The topological polar surface area (TPSA) is 61.2 Å². The van der Waals surface area contributed by atoms with Gasteiger partial charge in [-0.25, -0.2) is 4.90 Å². The molecule has 0 radical (unpaired) electrons. The molecule has 2 fully saturated rings. The number of imide groups is 1. The lowest BCUT2D eigenvalue weighted by Gasteiger charge is -2.15. The average Bonchev–Trinajstić information content (AvgIpc) is 3.17. The molecular formula is C16H14N2O2S. The Hall–Kier alpha value is -1.93. The minimum atomic E-state index is -0.207. The van der Waals surface area contributed by atoms with Gasteiger partial charge in [-0.05, 0) is 37.7 Å². The Bertz CT molecular complexity index is 725. The Kier molecular flexibility index (Phi) is 2.46. The van der Waals surface area contributed by atoms with Gasteiger partial charge in [0.25, 0.3) is 0 Å². The van der Waals surface area contributed by atoms with Crippen molar-refractivity contribution in [1.29, 1.82) is 5.26 Å². The largest absolute Gasteiger partial charge is 0.274 e. The Balaban J connectivity index is 1.82. The summed E-state index contributed by atoms with van der Waals surface area (Å²) in [6, 6.07) is 2.16. The molecule has 106 valence electrons. The summed E-state index contributed by atoms with van der Waals surface area (Å²) in [6.45, 7) is 3.78. The lowest BCUT2D eigenvalue weighted by atomic mass is 9.85. The molecule has 1 aromatic heterocycles. The van der Waals surface area contributed by atoms with E-state index in [9.17, 15) is 14.9 Å². The summed E-state index contributed by atoms with van der Waals surface area (Å²) in [4.78, 5) is 27.8. The monoisotopic (exact) mass is 298 g/mol. The highest BCUT2D eigenvalue weighted by atomic mass is 32.1. The summed E-state index contributed by atoms with van der Waals surface area (Å²) in [7, 11) is 0. The molecule has 2 bridgehead atoms. The van der Waals surface area contributed by atoms with E-state index in [0.29, 0.717) is 10.6 Å². The summed E-state index contributed by atoms with van der Waals surface area (Å²) in [5, 5.41) is 9.88. The number of aryl methyl sites for hydroxylation is 1. The van der Waals surface area contributed by atoms with Gasteiger partial charge in [-0.15, -0.1) is 11.3 Å². The van der Waals surface area contributed by atoms with Crippen molar-refractivity contribution in [1.82, 2.24) is 0 Å². The molecule has 0 unspecified atom stereocenters. The smallest absolute Gasteiger partial charge is 0.238 e. The van der Waals surface area contributed by atoms with E-state index in [1.165, 1.54) is 16.2 Å². The van der Waals surface area contributed by atoms with Crippen LogP contribution in [0, 0.1) is 48.9 Å². The highest BCUT2D eigenvalue weighted by Gasteiger charge is 2.60. The predicted molar refractivity (Wildman–Crippen MR) is 78.7 cm³/mol. The molecule has 1 aliphatic heterocycles. The summed E-state index contributed by atoms with van der Waals surface area (Å²) in [6.07, 6.45) is 5.08. The highest BCUT2D eigenvalue weighted by Crippen LogP contribution is 2.54. The fraction of sp³-hybridized carbons (Fsp3) is 0.438. The van der Waals surface area contributed by atoms with Gasteiger partial charge < -0.3 is 0 Å². The van der Waals surface area contributed by atoms with Gasteiger partial charge in [0, 0.05) is 4.88 Å². The van der Waals surface area contributed by atoms with Crippen molar-refractivity contribution < 1.29 is 9.59 Å². The molecular weight excluding hydrogens is 284 g/mol. The quantitative estimate of drug-likeness (QED) is 0.591. The zero-order chi connectivity index (χ0) is 14.9. The fourth-order valence-corrected chi connectivity index (χ4v) is 5.12. The van der Waals surface area contributed by atoms with Crippen molar-refractivity contribution in [3.63, 3.8) is 0 Å². The van der Waals surface area contributed by atoms with Crippen LogP contribution in [0.2, 0.25) is 0 Å². The van der Waals surface area contributed by atoms with Gasteiger partial charge in [0.1, 0.15) is 11.1 Å². The molecule has 1 saturated heterocycles. The van der Waals surface area contributed by atoms with E-state index in [1.54, 1.807) is 0 Å². The van der Waals surface area contributed by atoms with Gasteiger partial charge in [0.05, 0.1) is 17.4 Å². The maximum atomic E-state index is 12.7. The van der Waals surface area contributed by atoms with E-state index >= 15 is 0 Å². The number of anilines is 1. The van der Waals surface area contributed by atoms with Crippen molar-refractivity contribution in [3.8, 4) is 6.07 Å². The van der Waals surface area contributed by atoms with Crippen LogP contribution < -0.4 is 4.90 Å². The van der Waals surface area contributed by atoms with Crippen LogP contribution in [0.25, 0.3) is 0 Å². The summed E-state index contributed by atoms with van der Waals surface area (Å²) in [5.41, 5.74) is 1.34. The number of carbonyl (C=O) groups is 2. The first-order valence-electron chi connectivity index (χ1n) is 7.10. The second-order valence-corrected chi connectivity index (χ2v) is 7.29. The lowest BCUT2D eigenvalue weighted by Crippen LogP contribution is -2.32. The third-order valence-electron chi connectivity index (χ3n) is 5.15. The number of hydrogen-bond donors (Lipinski definition) is 0. The van der Waals surface area contributed by atoms with Crippen molar-refractivity contribution in [2.75, 3.05) is 4.90 Å². The Morgan fingerprint density at radius 1 is 1.19 bits per heavy atom. The fourth-order valence-electron chi connectivity index (χ4n) is 4.00. The van der Waals surface area contributed by atoms with Crippen molar-refractivity contribution in [2.45, 2.75) is 20.3 Å². The van der Waals surface area contributed by atoms with E-state index in [4.69, 9.17) is 0 Å². The van der Waals surface area contributed by atoms with E-state index in [2.05, 4.69) is 18.2 Å². The third-order valence-corrected chi connectivity index (χ3v) is 6.34. The lowest BCUT2D eigenvalue weighted by molar-refractivity contribution is -0.123. The average molecular weight is 298 g/mol. The molecule has 2 aliphatic carbocycles. The normalized spacial score (nSPS) is 32.9. The number of nitrogens with zero attached hydrogens (tertiary/aromatic N) is 2. The van der Waals surface area contributed by atoms with E-state index in [0.717, 1.165) is 16.9 Å². The van der Waals surface area contributed by atoms with Gasteiger partial charge >= 0.3 is 0 Å². The van der Waals surface area contributed by atoms with Gasteiger partial charge in [-0.2, -0.15) is 5.26 Å². The second kappa shape index (κ2) is 4.05. The first kappa shape index (κ1) is 12.8. The van der Waals surface area contributed by atoms with E-state index in [1.807, 2.05) is 13.8 Å². The molecule has 4 nitrogen and oxygen atoms in total. The maximum absolute atomic E-state index is 12.7. The van der Waals surface area contributed by atoms with Gasteiger partial charge in [-0.1, -0.05) is 12.2 Å². The second-order valence-electron chi connectivity index (χ2n) is 6.09. The van der Waals surface area contributed by atoms with Crippen LogP contribution in [-0.2, 0) is 9.59 Å².